The van der Waals surface area contributed by atoms with Crippen LogP contribution in [0.1, 0.15) is 53.0 Å². The number of fused-ring (bicyclic) bond motifs is 2. The van der Waals surface area contributed by atoms with Gasteiger partial charge in [-0.3, -0.25) is 4.79 Å². The van der Waals surface area contributed by atoms with E-state index in [0.717, 1.165) is 40.9 Å². The quantitative estimate of drug-likeness (QED) is 0.263. The fourth-order valence-electron chi connectivity index (χ4n) is 5.01. The molecule has 0 aliphatic heterocycles. The van der Waals surface area contributed by atoms with E-state index in [2.05, 4.69) is 18.3 Å². The molecule has 3 aromatic carbocycles. The number of hydrogen-bond donors (Lipinski definition) is 1. The average Bonchev–Trinajstić information content (AvgIpc) is 2.92. The summed E-state index contributed by atoms with van der Waals surface area (Å²) in [6.45, 7) is 3.50. The maximum Gasteiger partial charge on any atom is 0.416 e. The second kappa shape index (κ2) is 11.0. The number of nitrogens with one attached hydrogen (secondary N) is 1. The first-order valence-electron chi connectivity index (χ1n) is 13.0. The molecule has 0 bridgehead atoms. The summed E-state index contributed by atoms with van der Waals surface area (Å²) in [5.41, 5.74) is 3.57. The first-order valence-corrected chi connectivity index (χ1v) is 13.0. The molecule has 1 aromatic heterocycles. The van der Waals surface area contributed by atoms with Crippen molar-refractivity contribution in [2.75, 3.05) is 5.32 Å². The Hall–Kier alpha value is -4.46. The van der Waals surface area contributed by atoms with Crippen molar-refractivity contribution < 1.29 is 27.5 Å². The summed E-state index contributed by atoms with van der Waals surface area (Å²) in [5, 5.41) is 3.03. The summed E-state index contributed by atoms with van der Waals surface area (Å²) in [6, 6.07) is 21.5. The Morgan fingerprint density at radius 3 is 2.48 bits per heavy atom. The molecule has 0 saturated heterocycles. The molecule has 1 aliphatic rings. The van der Waals surface area contributed by atoms with E-state index in [4.69, 9.17) is 9.72 Å². The van der Waals surface area contributed by atoms with E-state index < -0.39 is 29.7 Å². The number of alkyl halides is 3. The van der Waals surface area contributed by atoms with Crippen LogP contribution in [-0.4, -0.2) is 23.0 Å². The van der Waals surface area contributed by atoms with Crippen LogP contribution in [0.25, 0.3) is 22.6 Å². The number of nitrogens with zero attached hydrogens (tertiary/aromatic N) is 1. The van der Waals surface area contributed by atoms with Gasteiger partial charge in [0.2, 0.25) is 0 Å². The number of carbonyl (C=O) groups is 2. The van der Waals surface area contributed by atoms with Gasteiger partial charge < -0.3 is 10.1 Å². The largest absolute Gasteiger partial charge is 0.449 e. The van der Waals surface area contributed by atoms with Gasteiger partial charge in [-0.15, -0.1) is 0 Å². The van der Waals surface area contributed by atoms with Crippen LogP contribution in [-0.2, 0) is 22.1 Å². The molecule has 8 heteroatoms. The van der Waals surface area contributed by atoms with Crippen molar-refractivity contribution in [2.45, 2.75) is 39.0 Å². The van der Waals surface area contributed by atoms with Gasteiger partial charge in [0.25, 0.3) is 5.91 Å². The molecule has 2 atom stereocenters. The first-order chi connectivity index (χ1) is 19.1. The number of ether oxygens (including phenoxy) is 1. The maximum absolute atomic E-state index is 13.7. The minimum absolute atomic E-state index is 0.0426. The first kappa shape index (κ1) is 27.1. The lowest BCUT2D eigenvalue weighted by atomic mass is 9.80. The van der Waals surface area contributed by atoms with E-state index >= 15 is 0 Å². The summed E-state index contributed by atoms with van der Waals surface area (Å²) in [4.78, 5) is 31.4. The summed E-state index contributed by atoms with van der Waals surface area (Å²) in [5.74, 6) is -1.19. The zero-order valence-corrected chi connectivity index (χ0v) is 22.0. The zero-order chi connectivity index (χ0) is 28.4. The van der Waals surface area contributed by atoms with E-state index in [9.17, 15) is 22.8 Å². The van der Waals surface area contributed by atoms with Crippen molar-refractivity contribution in [3.05, 3.63) is 107 Å². The Labute approximate surface area is 229 Å². The lowest BCUT2D eigenvalue weighted by molar-refractivity contribution is -0.137. The number of anilines is 1. The van der Waals surface area contributed by atoms with Gasteiger partial charge in [0.15, 0.2) is 6.10 Å². The molecule has 40 heavy (non-hydrogen) atoms. The molecule has 5 nitrogen and oxygen atoms in total. The molecule has 0 fully saturated rings. The number of benzene rings is 3. The van der Waals surface area contributed by atoms with Crippen molar-refractivity contribution in [3.63, 3.8) is 0 Å². The number of amides is 1. The highest BCUT2D eigenvalue weighted by Gasteiger charge is 2.32. The third-order valence-corrected chi connectivity index (χ3v) is 6.87. The molecule has 0 radical (unpaired) electrons. The molecule has 5 rings (SSSR count). The number of halogens is 3. The minimum atomic E-state index is -4.55. The highest BCUT2D eigenvalue weighted by Crippen LogP contribution is 2.39. The second-order valence-corrected chi connectivity index (χ2v) is 10.0. The predicted octanol–water partition coefficient (Wildman–Crippen LogP) is 7.56. The number of allylic oxidation sites excluding steroid dienone is 1. The molecule has 0 unspecified atom stereocenters. The molecular formula is C32H27F3N2O3. The van der Waals surface area contributed by atoms with Crippen LogP contribution in [0.15, 0.2) is 78.9 Å². The number of hydrogen-bond acceptors (Lipinski definition) is 4. The number of rotatable bonds is 5. The van der Waals surface area contributed by atoms with Crippen LogP contribution < -0.4 is 5.32 Å². The lowest BCUT2D eigenvalue weighted by Crippen LogP contribution is -2.31. The molecular weight excluding hydrogens is 517 g/mol. The SMILES string of the molecule is C[C@@H]1C/C(=C/c2ccccc2)c2nc3ccccc3c(C(=O)O[C@H](C)C(=O)Nc3cccc(C(F)(F)F)c3)c2C1. The Morgan fingerprint density at radius 1 is 1.00 bits per heavy atom. The number of esters is 1. The van der Waals surface area contributed by atoms with Crippen LogP contribution in [0.3, 0.4) is 0 Å². The van der Waals surface area contributed by atoms with Gasteiger partial charge in [-0.2, -0.15) is 13.2 Å². The third kappa shape index (κ3) is 5.76. The molecule has 4 aromatic rings. The highest BCUT2D eigenvalue weighted by molar-refractivity contribution is 6.07. The fourth-order valence-corrected chi connectivity index (χ4v) is 5.01. The molecule has 1 heterocycles. The van der Waals surface area contributed by atoms with Crippen molar-refractivity contribution in [1.82, 2.24) is 4.98 Å². The summed E-state index contributed by atoms with van der Waals surface area (Å²) in [6.07, 6.45) is -2.33. The van der Waals surface area contributed by atoms with Crippen LogP contribution >= 0.6 is 0 Å². The van der Waals surface area contributed by atoms with E-state index in [-0.39, 0.29) is 11.6 Å². The monoisotopic (exact) mass is 544 g/mol. The summed E-state index contributed by atoms with van der Waals surface area (Å²) in [7, 11) is 0. The summed E-state index contributed by atoms with van der Waals surface area (Å²) >= 11 is 0. The number of para-hydroxylation sites is 1. The van der Waals surface area contributed by atoms with Crippen LogP contribution in [0, 0.1) is 5.92 Å². The Kier molecular flexibility index (Phi) is 7.43. The van der Waals surface area contributed by atoms with Crippen molar-refractivity contribution >= 4 is 40.1 Å². The second-order valence-electron chi connectivity index (χ2n) is 10.0. The van der Waals surface area contributed by atoms with Gasteiger partial charge >= 0.3 is 12.1 Å². The molecule has 1 N–H and O–H groups in total. The minimum Gasteiger partial charge on any atom is -0.449 e. The zero-order valence-electron chi connectivity index (χ0n) is 22.0. The van der Waals surface area contributed by atoms with Gasteiger partial charge in [0.05, 0.1) is 22.3 Å². The van der Waals surface area contributed by atoms with E-state index in [1.807, 2.05) is 48.5 Å². The maximum atomic E-state index is 13.7. The topological polar surface area (TPSA) is 68.3 Å². The standard InChI is InChI=1S/C32H27F3N2O3/c1-19-15-22(17-21-9-4-3-5-10-21)29-26(16-19)28(25-13-6-7-14-27(25)37-29)31(39)40-20(2)30(38)36-24-12-8-11-23(18-24)32(33,34)35/h3-14,17-20H,15-16H2,1-2H3,(H,36,38)/b22-17-/t19-,20-/m1/s1. The van der Waals surface area contributed by atoms with Gasteiger partial charge in [0.1, 0.15) is 0 Å². The number of carbonyl (C=O) groups excluding carboxylic acids is 2. The van der Waals surface area contributed by atoms with Gasteiger partial charge in [-0.05, 0) is 72.7 Å². The van der Waals surface area contributed by atoms with Crippen LogP contribution in [0.5, 0.6) is 0 Å². The Balaban J connectivity index is 1.47. The Bertz CT molecular complexity index is 1610. The molecule has 1 aliphatic carbocycles. The normalized spacial score (nSPS) is 16.8. The predicted molar refractivity (Wildman–Crippen MR) is 148 cm³/mol. The Morgan fingerprint density at radius 2 is 1.73 bits per heavy atom. The number of aromatic nitrogens is 1. The van der Waals surface area contributed by atoms with Gasteiger partial charge in [0, 0.05) is 11.1 Å². The van der Waals surface area contributed by atoms with E-state index in [1.54, 1.807) is 6.07 Å². The highest BCUT2D eigenvalue weighted by atomic mass is 19.4. The lowest BCUT2D eigenvalue weighted by Gasteiger charge is -2.27. The van der Waals surface area contributed by atoms with Crippen molar-refractivity contribution in [2.24, 2.45) is 5.92 Å². The van der Waals surface area contributed by atoms with Gasteiger partial charge in [-0.1, -0.05) is 61.5 Å². The van der Waals surface area contributed by atoms with Gasteiger partial charge in [-0.25, -0.2) is 9.78 Å². The summed E-state index contributed by atoms with van der Waals surface area (Å²) < 4.78 is 44.8. The van der Waals surface area contributed by atoms with Crippen molar-refractivity contribution in [3.8, 4) is 0 Å². The van der Waals surface area contributed by atoms with Crippen molar-refractivity contribution in [1.29, 1.82) is 0 Å². The smallest absolute Gasteiger partial charge is 0.416 e. The molecule has 0 spiro atoms. The van der Waals surface area contributed by atoms with E-state index in [0.29, 0.717) is 22.9 Å². The van der Waals surface area contributed by atoms with Crippen LogP contribution in [0.4, 0.5) is 18.9 Å². The fraction of sp³-hybridized carbons (Fsp3) is 0.219. The van der Waals surface area contributed by atoms with Crippen LogP contribution in [0.2, 0.25) is 0 Å². The molecule has 0 saturated carbocycles. The average molecular weight is 545 g/mol. The molecule has 1 amide bonds. The third-order valence-electron chi connectivity index (χ3n) is 6.87. The number of pyridine rings is 1. The molecule has 204 valence electrons. The van der Waals surface area contributed by atoms with E-state index in [1.165, 1.54) is 19.1 Å².